The Bertz CT molecular complexity index is 483. The summed E-state index contributed by atoms with van der Waals surface area (Å²) in [6.45, 7) is 5.20. The number of nitrogens with two attached hydrogens (primary N) is 1. The van der Waals surface area contributed by atoms with Crippen LogP contribution in [0.1, 0.15) is 25.8 Å². The zero-order chi connectivity index (χ0) is 12.3. The van der Waals surface area contributed by atoms with Crippen molar-refractivity contribution in [1.29, 1.82) is 0 Å². The minimum atomic E-state index is 0.752. The van der Waals surface area contributed by atoms with E-state index in [0.717, 1.165) is 36.3 Å². The molecule has 1 aromatic carbocycles. The quantitative estimate of drug-likeness (QED) is 0.875. The third kappa shape index (κ3) is 2.49. The summed E-state index contributed by atoms with van der Waals surface area (Å²) in [7, 11) is 0. The fourth-order valence-corrected chi connectivity index (χ4v) is 1.90. The lowest BCUT2D eigenvalue weighted by atomic mass is 10.1. The first-order valence-corrected chi connectivity index (χ1v) is 6.16. The van der Waals surface area contributed by atoms with Gasteiger partial charge < -0.3 is 5.73 Å². The van der Waals surface area contributed by atoms with Crippen molar-refractivity contribution in [3.63, 3.8) is 0 Å². The highest BCUT2D eigenvalue weighted by molar-refractivity contribution is 5.71. The summed E-state index contributed by atoms with van der Waals surface area (Å²) in [6.07, 6.45) is 4.03. The molecule has 2 aromatic rings. The molecule has 90 valence electrons. The molecule has 2 rings (SSSR count). The highest BCUT2D eigenvalue weighted by Crippen LogP contribution is 2.24. The Morgan fingerprint density at radius 1 is 1.18 bits per heavy atom. The first kappa shape index (κ1) is 11.7. The molecule has 0 amide bonds. The maximum Gasteiger partial charge on any atom is 0.115 e. The molecule has 0 saturated heterocycles. The summed E-state index contributed by atoms with van der Waals surface area (Å²) in [5.41, 5.74) is 10.1. The van der Waals surface area contributed by atoms with Crippen LogP contribution in [0.15, 0.2) is 30.5 Å². The van der Waals surface area contributed by atoms with Crippen molar-refractivity contribution in [3.8, 4) is 11.3 Å². The van der Waals surface area contributed by atoms with E-state index >= 15 is 0 Å². The largest absolute Gasteiger partial charge is 0.396 e. The van der Waals surface area contributed by atoms with Gasteiger partial charge >= 0.3 is 0 Å². The third-order valence-electron chi connectivity index (χ3n) is 2.88. The summed E-state index contributed by atoms with van der Waals surface area (Å²) in [4.78, 5) is 0. The first-order chi connectivity index (χ1) is 8.24. The normalized spacial score (nSPS) is 10.7. The smallest absolute Gasteiger partial charge is 0.115 e. The molecule has 0 saturated carbocycles. The maximum atomic E-state index is 5.99. The fourth-order valence-electron chi connectivity index (χ4n) is 1.90. The van der Waals surface area contributed by atoms with E-state index in [1.807, 2.05) is 10.9 Å². The van der Waals surface area contributed by atoms with Crippen molar-refractivity contribution in [3.05, 3.63) is 36.0 Å². The van der Waals surface area contributed by atoms with Gasteiger partial charge in [-0.25, -0.2) is 0 Å². The van der Waals surface area contributed by atoms with Crippen LogP contribution in [0.3, 0.4) is 0 Å². The van der Waals surface area contributed by atoms with Gasteiger partial charge in [-0.2, -0.15) is 5.10 Å². The van der Waals surface area contributed by atoms with Crippen LogP contribution in [-0.2, 0) is 13.0 Å². The maximum absolute atomic E-state index is 5.99. The topological polar surface area (TPSA) is 43.8 Å². The van der Waals surface area contributed by atoms with Crippen molar-refractivity contribution in [2.24, 2.45) is 0 Å². The van der Waals surface area contributed by atoms with E-state index in [1.54, 1.807) is 0 Å². The number of nitrogen functional groups attached to an aromatic ring is 1. The molecule has 0 atom stereocenters. The van der Waals surface area contributed by atoms with E-state index in [1.165, 1.54) is 5.56 Å². The van der Waals surface area contributed by atoms with Gasteiger partial charge in [-0.15, -0.1) is 0 Å². The molecule has 1 aromatic heterocycles. The Labute approximate surface area is 102 Å². The number of hydrogen-bond acceptors (Lipinski definition) is 2. The van der Waals surface area contributed by atoms with Crippen LogP contribution < -0.4 is 5.73 Å². The van der Waals surface area contributed by atoms with E-state index in [4.69, 9.17) is 5.73 Å². The lowest BCUT2D eigenvalue weighted by molar-refractivity contribution is 0.605. The molecule has 0 aliphatic carbocycles. The molecule has 0 unspecified atom stereocenters. The zero-order valence-electron chi connectivity index (χ0n) is 10.5. The van der Waals surface area contributed by atoms with Gasteiger partial charge in [-0.05, 0) is 18.4 Å². The SMILES string of the molecule is CCCn1cc(N)c(-c2ccc(CC)cc2)n1. The van der Waals surface area contributed by atoms with E-state index in [9.17, 15) is 0 Å². The number of nitrogens with zero attached hydrogens (tertiary/aromatic N) is 2. The average Bonchev–Trinajstić information content (AvgIpc) is 2.71. The number of aromatic nitrogens is 2. The molecule has 0 radical (unpaired) electrons. The van der Waals surface area contributed by atoms with Gasteiger partial charge in [-0.1, -0.05) is 38.1 Å². The first-order valence-electron chi connectivity index (χ1n) is 6.16. The molecular weight excluding hydrogens is 210 g/mol. The van der Waals surface area contributed by atoms with Gasteiger partial charge in [-0.3, -0.25) is 4.68 Å². The van der Waals surface area contributed by atoms with Crippen LogP contribution in [-0.4, -0.2) is 9.78 Å². The minimum absolute atomic E-state index is 0.752. The van der Waals surface area contributed by atoms with Crippen molar-refractivity contribution in [1.82, 2.24) is 9.78 Å². The summed E-state index contributed by atoms with van der Waals surface area (Å²) >= 11 is 0. The van der Waals surface area contributed by atoms with Crippen molar-refractivity contribution in [2.45, 2.75) is 33.2 Å². The Balaban J connectivity index is 2.31. The zero-order valence-corrected chi connectivity index (χ0v) is 10.5. The van der Waals surface area contributed by atoms with E-state index in [0.29, 0.717) is 0 Å². The molecule has 17 heavy (non-hydrogen) atoms. The average molecular weight is 229 g/mol. The van der Waals surface area contributed by atoms with E-state index in [2.05, 4.69) is 43.2 Å². The molecule has 2 N–H and O–H groups in total. The van der Waals surface area contributed by atoms with Crippen LogP contribution in [0.5, 0.6) is 0 Å². The number of anilines is 1. The minimum Gasteiger partial charge on any atom is -0.396 e. The molecule has 0 bridgehead atoms. The summed E-state index contributed by atoms with van der Waals surface area (Å²) < 4.78 is 1.92. The van der Waals surface area contributed by atoms with Crippen LogP contribution in [0.2, 0.25) is 0 Å². The van der Waals surface area contributed by atoms with Gasteiger partial charge in [0, 0.05) is 18.3 Å². The van der Waals surface area contributed by atoms with Crippen molar-refractivity contribution >= 4 is 5.69 Å². The van der Waals surface area contributed by atoms with Gasteiger partial charge in [0.05, 0.1) is 5.69 Å². The molecule has 0 fully saturated rings. The molecule has 3 nitrogen and oxygen atoms in total. The number of aryl methyl sites for hydroxylation is 2. The lowest BCUT2D eigenvalue weighted by Gasteiger charge is -2.01. The third-order valence-corrected chi connectivity index (χ3v) is 2.88. The number of hydrogen-bond donors (Lipinski definition) is 1. The molecule has 0 aliphatic heterocycles. The molecule has 1 heterocycles. The molecule has 0 spiro atoms. The van der Waals surface area contributed by atoms with Crippen LogP contribution >= 0.6 is 0 Å². The molecular formula is C14H19N3. The van der Waals surface area contributed by atoms with Crippen LogP contribution in [0.4, 0.5) is 5.69 Å². The summed E-state index contributed by atoms with van der Waals surface area (Å²) in [6, 6.07) is 8.45. The fraction of sp³-hybridized carbons (Fsp3) is 0.357. The Hall–Kier alpha value is -1.77. The highest BCUT2D eigenvalue weighted by atomic mass is 15.3. The number of rotatable bonds is 4. The predicted octanol–water partition coefficient (Wildman–Crippen LogP) is 3.10. The highest BCUT2D eigenvalue weighted by Gasteiger charge is 2.07. The van der Waals surface area contributed by atoms with E-state index < -0.39 is 0 Å². The number of benzene rings is 1. The lowest BCUT2D eigenvalue weighted by Crippen LogP contribution is -1.96. The van der Waals surface area contributed by atoms with Crippen LogP contribution in [0, 0.1) is 0 Å². The Morgan fingerprint density at radius 3 is 2.47 bits per heavy atom. The van der Waals surface area contributed by atoms with Gasteiger partial charge in [0.1, 0.15) is 5.69 Å². The predicted molar refractivity (Wildman–Crippen MR) is 71.7 cm³/mol. The van der Waals surface area contributed by atoms with Crippen LogP contribution in [0.25, 0.3) is 11.3 Å². The standard InChI is InChI=1S/C14H19N3/c1-3-9-17-10-13(15)14(16-17)12-7-5-11(4-2)6-8-12/h5-8,10H,3-4,9,15H2,1-2H3. The van der Waals surface area contributed by atoms with E-state index in [-0.39, 0.29) is 0 Å². The monoisotopic (exact) mass is 229 g/mol. The van der Waals surface area contributed by atoms with Gasteiger partial charge in [0.25, 0.3) is 0 Å². The van der Waals surface area contributed by atoms with Gasteiger partial charge in [0.2, 0.25) is 0 Å². The second-order valence-corrected chi connectivity index (χ2v) is 4.25. The summed E-state index contributed by atoms with van der Waals surface area (Å²) in [5.74, 6) is 0. The van der Waals surface area contributed by atoms with Crippen molar-refractivity contribution in [2.75, 3.05) is 5.73 Å². The van der Waals surface area contributed by atoms with Gasteiger partial charge in [0.15, 0.2) is 0 Å². The van der Waals surface area contributed by atoms with Crippen molar-refractivity contribution < 1.29 is 0 Å². The Morgan fingerprint density at radius 2 is 1.88 bits per heavy atom. The molecule has 3 heteroatoms. The molecule has 0 aliphatic rings. The Kier molecular flexibility index (Phi) is 3.47. The summed E-state index contributed by atoms with van der Waals surface area (Å²) in [5, 5.41) is 4.52. The second kappa shape index (κ2) is 5.04. The second-order valence-electron chi connectivity index (χ2n) is 4.25.